The molecule has 0 saturated carbocycles. The zero-order valence-electron chi connectivity index (χ0n) is 11.8. The lowest BCUT2D eigenvalue weighted by Crippen LogP contribution is -2.23. The van der Waals surface area contributed by atoms with Crippen LogP contribution in [-0.4, -0.2) is 0 Å². The molecule has 0 aliphatic heterocycles. The van der Waals surface area contributed by atoms with Gasteiger partial charge in [-0.3, -0.25) is 0 Å². The Bertz CT molecular complexity index is 788. The predicted molar refractivity (Wildman–Crippen MR) is 88.4 cm³/mol. The largest absolute Gasteiger partial charge is 0.308 e. The Morgan fingerprint density at radius 1 is 0.773 bits per heavy atom. The Kier molecular flexibility index (Phi) is 3.98. The Balaban J connectivity index is 2.24. The topological polar surface area (TPSA) is 17.1 Å². The molecule has 0 fully saturated rings. The lowest BCUT2D eigenvalue weighted by atomic mass is 10.3. The normalized spacial score (nSPS) is 11.6. The molecule has 112 valence electrons. The van der Waals surface area contributed by atoms with E-state index in [1.807, 2.05) is 19.1 Å². The van der Waals surface area contributed by atoms with Gasteiger partial charge in [-0.1, -0.05) is 0 Å². The molecule has 0 N–H and O–H groups in total. The Morgan fingerprint density at radius 3 is 1.59 bits per heavy atom. The first-order chi connectivity index (χ1) is 10.5. The number of rotatable bonds is 3. The molecule has 0 amide bonds. The molecule has 3 rings (SSSR count). The van der Waals surface area contributed by atoms with Crippen LogP contribution in [0.25, 0.3) is 0 Å². The van der Waals surface area contributed by atoms with E-state index in [0.717, 1.165) is 4.88 Å². The molecular weight excluding hydrogens is 321 g/mol. The molecule has 22 heavy (non-hydrogen) atoms. The zero-order chi connectivity index (χ0) is 15.7. The molecule has 1 nitrogen and oxygen atoms in total. The van der Waals surface area contributed by atoms with Crippen LogP contribution in [-0.2, 0) is 4.57 Å². The van der Waals surface area contributed by atoms with Crippen LogP contribution < -0.4 is 15.2 Å². The summed E-state index contributed by atoms with van der Waals surface area (Å²) in [7, 11) is -3.11. The van der Waals surface area contributed by atoms with Crippen molar-refractivity contribution >= 4 is 33.7 Å². The highest BCUT2D eigenvalue weighted by Gasteiger charge is 2.31. The van der Waals surface area contributed by atoms with Gasteiger partial charge in [-0.25, -0.2) is 8.78 Å². The van der Waals surface area contributed by atoms with Crippen LogP contribution >= 0.6 is 18.5 Å². The number of hydrogen-bond acceptors (Lipinski definition) is 2. The van der Waals surface area contributed by atoms with E-state index in [1.165, 1.54) is 59.9 Å². The second kappa shape index (κ2) is 5.79. The second-order valence-electron chi connectivity index (χ2n) is 4.95. The van der Waals surface area contributed by atoms with Crippen LogP contribution in [0.4, 0.5) is 8.78 Å². The van der Waals surface area contributed by atoms with Gasteiger partial charge in [-0.15, -0.1) is 11.3 Å². The summed E-state index contributed by atoms with van der Waals surface area (Å²) in [5.41, 5.74) is 0. The van der Waals surface area contributed by atoms with Crippen molar-refractivity contribution in [2.45, 2.75) is 6.92 Å². The first-order valence-electron chi connectivity index (χ1n) is 6.69. The van der Waals surface area contributed by atoms with E-state index in [0.29, 0.717) is 15.2 Å². The molecule has 1 aromatic heterocycles. The number of benzene rings is 2. The predicted octanol–water partition coefficient (Wildman–Crippen LogP) is 3.97. The fraction of sp³-hybridized carbons (Fsp3) is 0.0588. The summed E-state index contributed by atoms with van der Waals surface area (Å²) < 4.78 is 40.9. The van der Waals surface area contributed by atoms with Gasteiger partial charge < -0.3 is 4.57 Å². The van der Waals surface area contributed by atoms with Crippen molar-refractivity contribution in [1.29, 1.82) is 0 Å². The summed E-state index contributed by atoms with van der Waals surface area (Å²) in [4.78, 5) is 1.04. The summed E-state index contributed by atoms with van der Waals surface area (Å²) in [6.07, 6.45) is 0. The first kappa shape index (κ1) is 15.1. The first-order valence-corrected chi connectivity index (χ1v) is 9.22. The molecule has 0 radical (unpaired) electrons. The van der Waals surface area contributed by atoms with Gasteiger partial charge >= 0.3 is 0 Å². The monoisotopic (exact) mass is 334 g/mol. The average molecular weight is 334 g/mol. The number of thiophene rings is 1. The van der Waals surface area contributed by atoms with Crippen LogP contribution in [0.2, 0.25) is 0 Å². The van der Waals surface area contributed by atoms with Crippen molar-refractivity contribution < 1.29 is 13.3 Å². The van der Waals surface area contributed by atoms with Gasteiger partial charge in [0.05, 0.1) is 4.62 Å². The summed E-state index contributed by atoms with van der Waals surface area (Å²) in [6.45, 7) is 1.94. The average Bonchev–Trinajstić information content (AvgIpc) is 2.95. The highest BCUT2D eigenvalue weighted by atomic mass is 32.1. The molecule has 0 spiro atoms. The van der Waals surface area contributed by atoms with Crippen molar-refractivity contribution in [2.75, 3.05) is 0 Å². The molecule has 0 atom stereocenters. The van der Waals surface area contributed by atoms with Gasteiger partial charge in [-0.05, 0) is 67.6 Å². The molecule has 3 aromatic rings. The third-order valence-electron chi connectivity index (χ3n) is 3.42. The van der Waals surface area contributed by atoms with Crippen LogP contribution in [0.3, 0.4) is 0 Å². The van der Waals surface area contributed by atoms with Crippen LogP contribution in [0.5, 0.6) is 0 Å². The maximum Gasteiger partial charge on any atom is 0.180 e. The highest BCUT2D eigenvalue weighted by Crippen LogP contribution is 2.44. The Labute approximate surface area is 131 Å². The Hall–Kier alpha value is -1.77. The van der Waals surface area contributed by atoms with E-state index >= 15 is 0 Å². The minimum atomic E-state index is -3.11. The van der Waals surface area contributed by atoms with E-state index in [-0.39, 0.29) is 11.6 Å². The molecule has 0 bridgehead atoms. The van der Waals surface area contributed by atoms with Crippen molar-refractivity contribution in [3.63, 3.8) is 0 Å². The zero-order valence-corrected chi connectivity index (χ0v) is 13.5. The molecule has 1 heterocycles. The molecule has 0 saturated heterocycles. The molecule has 0 aliphatic rings. The van der Waals surface area contributed by atoms with Crippen molar-refractivity contribution in [1.82, 2.24) is 0 Å². The van der Waals surface area contributed by atoms with E-state index in [2.05, 4.69) is 0 Å². The maximum atomic E-state index is 13.8. The van der Waals surface area contributed by atoms with Crippen LogP contribution in [0, 0.1) is 18.6 Å². The lowest BCUT2D eigenvalue weighted by molar-refractivity contribution is 0.592. The minimum absolute atomic E-state index is 0.378. The quantitative estimate of drug-likeness (QED) is 0.662. The van der Waals surface area contributed by atoms with Crippen molar-refractivity contribution in [3.8, 4) is 0 Å². The molecule has 0 unspecified atom stereocenters. The molecule has 0 aliphatic carbocycles. The minimum Gasteiger partial charge on any atom is -0.308 e. The summed E-state index contributed by atoms with van der Waals surface area (Å²) in [6, 6.07) is 15.1. The van der Waals surface area contributed by atoms with E-state index < -0.39 is 7.14 Å². The molecule has 2 aromatic carbocycles. The van der Waals surface area contributed by atoms with Gasteiger partial charge in [0.1, 0.15) is 11.6 Å². The summed E-state index contributed by atoms with van der Waals surface area (Å²) in [5, 5.41) is 1.09. The second-order valence-corrected chi connectivity index (χ2v) is 9.27. The van der Waals surface area contributed by atoms with Gasteiger partial charge in [-0.2, -0.15) is 0 Å². The third-order valence-corrected chi connectivity index (χ3v) is 8.09. The van der Waals surface area contributed by atoms with Gasteiger partial charge in [0.2, 0.25) is 0 Å². The number of aryl methyl sites for hydroxylation is 1. The van der Waals surface area contributed by atoms with Crippen molar-refractivity contribution in [3.05, 3.63) is 77.2 Å². The Morgan fingerprint density at radius 2 is 1.23 bits per heavy atom. The standard InChI is InChI=1S/C17H13F2OPS/c1-12-2-11-17(22-12)21(20,15-7-3-13(18)4-8-15)16-9-5-14(19)6-10-16/h2-11H,1H3. The van der Waals surface area contributed by atoms with E-state index in [1.54, 1.807) is 0 Å². The molecular formula is C17H13F2OPS. The summed E-state index contributed by atoms with van der Waals surface area (Å²) >= 11 is 1.44. The number of hydrogen-bond donors (Lipinski definition) is 0. The fourth-order valence-electron chi connectivity index (χ4n) is 2.30. The van der Waals surface area contributed by atoms with Gasteiger partial charge in [0.15, 0.2) is 7.14 Å². The third kappa shape index (κ3) is 2.65. The van der Waals surface area contributed by atoms with Crippen molar-refractivity contribution in [2.24, 2.45) is 0 Å². The highest BCUT2D eigenvalue weighted by molar-refractivity contribution is 7.89. The smallest absolute Gasteiger partial charge is 0.180 e. The fourth-order valence-corrected chi connectivity index (χ4v) is 6.71. The van der Waals surface area contributed by atoms with Crippen LogP contribution in [0.15, 0.2) is 60.7 Å². The van der Waals surface area contributed by atoms with Gasteiger partial charge in [0, 0.05) is 15.5 Å². The number of halogens is 2. The maximum absolute atomic E-state index is 13.8. The van der Waals surface area contributed by atoms with Crippen LogP contribution in [0.1, 0.15) is 4.88 Å². The lowest BCUT2D eigenvalue weighted by Gasteiger charge is -2.18. The van der Waals surface area contributed by atoms with E-state index in [4.69, 9.17) is 0 Å². The van der Waals surface area contributed by atoms with E-state index in [9.17, 15) is 13.3 Å². The molecule has 5 heteroatoms. The SMILES string of the molecule is Cc1ccc(P(=O)(c2ccc(F)cc2)c2ccc(F)cc2)s1. The summed E-state index contributed by atoms with van der Waals surface area (Å²) in [5.74, 6) is -0.756. The van der Waals surface area contributed by atoms with Gasteiger partial charge in [0.25, 0.3) is 0 Å².